The van der Waals surface area contributed by atoms with Crippen LogP contribution in [0.5, 0.6) is 0 Å². The van der Waals surface area contributed by atoms with Crippen molar-refractivity contribution < 1.29 is 4.79 Å². The molecule has 0 saturated carbocycles. The van der Waals surface area contributed by atoms with E-state index in [9.17, 15) is 4.79 Å². The van der Waals surface area contributed by atoms with Crippen molar-refractivity contribution in [2.75, 3.05) is 0 Å². The Balaban J connectivity index is 2.16. The highest BCUT2D eigenvalue weighted by Gasteiger charge is 2.08. The lowest BCUT2D eigenvalue weighted by molar-refractivity contribution is 0.0988. The fourth-order valence-electron chi connectivity index (χ4n) is 1.63. The number of Topliss-reactive ketones (excluding diaryl/α,β-unsaturated/α-hetero) is 1. The summed E-state index contributed by atoms with van der Waals surface area (Å²) in [7, 11) is 0. The Labute approximate surface area is 101 Å². The number of ketones is 1. The molecule has 17 heavy (non-hydrogen) atoms. The Kier molecular flexibility index (Phi) is 3.28. The van der Waals surface area contributed by atoms with Gasteiger partial charge in [-0.2, -0.15) is 0 Å². The van der Waals surface area contributed by atoms with Gasteiger partial charge in [-0.3, -0.25) is 9.78 Å². The van der Waals surface area contributed by atoms with E-state index in [1.165, 1.54) is 23.5 Å². The van der Waals surface area contributed by atoms with Crippen LogP contribution in [-0.2, 0) is 6.42 Å². The summed E-state index contributed by atoms with van der Waals surface area (Å²) in [6, 6.07) is 6.06. The highest BCUT2D eigenvalue weighted by molar-refractivity contribution is 5.95. The predicted octanol–water partition coefficient (Wildman–Crippen LogP) is 2.52. The first kappa shape index (κ1) is 11.5. The second-order valence-corrected chi connectivity index (χ2v) is 4.11. The Morgan fingerprint density at radius 1 is 1.18 bits per heavy atom. The van der Waals surface area contributed by atoms with Crippen molar-refractivity contribution in [3.63, 3.8) is 0 Å². The summed E-state index contributed by atoms with van der Waals surface area (Å²) in [6.45, 7) is 4.11. The van der Waals surface area contributed by atoms with Gasteiger partial charge in [-0.05, 0) is 30.5 Å². The van der Waals surface area contributed by atoms with Crippen molar-refractivity contribution in [2.24, 2.45) is 0 Å². The van der Waals surface area contributed by atoms with E-state index in [1.54, 1.807) is 6.20 Å². The molecule has 0 radical (unpaired) electrons. The molecule has 0 aliphatic rings. The molecule has 0 spiro atoms. The Bertz CT molecular complexity index is 535. The maximum Gasteiger partial charge on any atom is 0.187 e. The molecule has 2 rings (SSSR count). The fourth-order valence-corrected chi connectivity index (χ4v) is 1.63. The molecule has 0 fully saturated rings. The molecule has 0 unspecified atom stereocenters. The van der Waals surface area contributed by atoms with Crippen molar-refractivity contribution in [2.45, 2.75) is 20.3 Å². The lowest BCUT2D eigenvalue weighted by atomic mass is 10.0. The van der Waals surface area contributed by atoms with Crippen LogP contribution in [-0.4, -0.2) is 15.8 Å². The van der Waals surface area contributed by atoms with Gasteiger partial charge < -0.3 is 0 Å². The SMILES string of the molecule is Cc1ccc(CC(=O)c2cnccn2)cc1C. The largest absolute Gasteiger partial charge is 0.292 e. The second-order valence-electron chi connectivity index (χ2n) is 4.11. The Hall–Kier alpha value is -2.03. The molecule has 3 nitrogen and oxygen atoms in total. The first-order valence-corrected chi connectivity index (χ1v) is 5.52. The lowest BCUT2D eigenvalue weighted by Gasteiger charge is -2.04. The van der Waals surface area contributed by atoms with Crippen molar-refractivity contribution in [1.82, 2.24) is 9.97 Å². The molecule has 2 aromatic rings. The summed E-state index contributed by atoms with van der Waals surface area (Å²) in [5.74, 6) is 0.00125. The number of aromatic nitrogens is 2. The number of benzene rings is 1. The van der Waals surface area contributed by atoms with E-state index in [0.29, 0.717) is 12.1 Å². The van der Waals surface area contributed by atoms with Gasteiger partial charge in [0.2, 0.25) is 0 Å². The summed E-state index contributed by atoms with van der Waals surface area (Å²) in [5, 5.41) is 0. The minimum Gasteiger partial charge on any atom is -0.292 e. The minimum absolute atomic E-state index is 0.00125. The summed E-state index contributed by atoms with van der Waals surface area (Å²) in [6.07, 6.45) is 4.98. The third-order valence-electron chi connectivity index (χ3n) is 2.78. The minimum atomic E-state index is 0.00125. The van der Waals surface area contributed by atoms with Gasteiger partial charge in [-0.15, -0.1) is 0 Å². The summed E-state index contributed by atoms with van der Waals surface area (Å²) in [5.41, 5.74) is 3.88. The number of carbonyl (C=O) groups excluding carboxylic acids is 1. The van der Waals surface area contributed by atoms with Crippen LogP contribution in [0.25, 0.3) is 0 Å². The number of hydrogen-bond acceptors (Lipinski definition) is 3. The molecular weight excluding hydrogens is 212 g/mol. The third kappa shape index (κ3) is 2.75. The van der Waals surface area contributed by atoms with Gasteiger partial charge in [0.15, 0.2) is 5.78 Å². The van der Waals surface area contributed by atoms with Gasteiger partial charge in [-0.1, -0.05) is 18.2 Å². The molecule has 0 N–H and O–H groups in total. The van der Waals surface area contributed by atoms with Gasteiger partial charge in [0.05, 0.1) is 6.20 Å². The molecule has 0 aliphatic carbocycles. The van der Waals surface area contributed by atoms with Crippen molar-refractivity contribution in [3.8, 4) is 0 Å². The Morgan fingerprint density at radius 3 is 2.65 bits per heavy atom. The summed E-state index contributed by atoms with van der Waals surface area (Å²) >= 11 is 0. The van der Waals surface area contributed by atoms with Crippen LogP contribution in [0.2, 0.25) is 0 Å². The summed E-state index contributed by atoms with van der Waals surface area (Å²) in [4.78, 5) is 19.8. The van der Waals surface area contributed by atoms with Gasteiger partial charge in [-0.25, -0.2) is 4.98 Å². The van der Waals surface area contributed by atoms with E-state index in [0.717, 1.165) is 5.56 Å². The van der Waals surface area contributed by atoms with Gasteiger partial charge in [0.25, 0.3) is 0 Å². The molecular formula is C14H14N2O. The monoisotopic (exact) mass is 226 g/mol. The molecule has 0 atom stereocenters. The van der Waals surface area contributed by atoms with Gasteiger partial charge in [0.1, 0.15) is 5.69 Å². The first-order chi connectivity index (χ1) is 8.16. The number of aryl methyl sites for hydroxylation is 2. The van der Waals surface area contributed by atoms with Crippen molar-refractivity contribution in [1.29, 1.82) is 0 Å². The zero-order chi connectivity index (χ0) is 12.3. The molecule has 86 valence electrons. The normalized spacial score (nSPS) is 10.2. The number of hydrogen-bond donors (Lipinski definition) is 0. The molecule has 0 saturated heterocycles. The van der Waals surface area contributed by atoms with E-state index in [1.807, 2.05) is 25.1 Å². The van der Waals surface area contributed by atoms with Crippen LogP contribution < -0.4 is 0 Å². The lowest BCUT2D eigenvalue weighted by Crippen LogP contribution is -2.06. The Morgan fingerprint density at radius 2 is 2.00 bits per heavy atom. The van der Waals surface area contributed by atoms with Crippen molar-refractivity contribution in [3.05, 3.63) is 59.2 Å². The van der Waals surface area contributed by atoms with Gasteiger partial charge >= 0.3 is 0 Å². The smallest absolute Gasteiger partial charge is 0.187 e. The zero-order valence-corrected chi connectivity index (χ0v) is 9.97. The topological polar surface area (TPSA) is 42.9 Å². The molecule has 1 aromatic carbocycles. The highest BCUT2D eigenvalue weighted by atomic mass is 16.1. The number of carbonyl (C=O) groups is 1. The van der Waals surface area contributed by atoms with Crippen molar-refractivity contribution >= 4 is 5.78 Å². The maximum atomic E-state index is 11.9. The molecule has 0 aliphatic heterocycles. The predicted molar refractivity (Wildman–Crippen MR) is 66.0 cm³/mol. The third-order valence-corrected chi connectivity index (χ3v) is 2.78. The zero-order valence-electron chi connectivity index (χ0n) is 9.97. The van der Waals surface area contributed by atoms with Crippen LogP contribution in [0.3, 0.4) is 0 Å². The van der Waals surface area contributed by atoms with Crippen LogP contribution in [0.1, 0.15) is 27.2 Å². The standard InChI is InChI=1S/C14H14N2O/c1-10-3-4-12(7-11(10)2)8-14(17)13-9-15-5-6-16-13/h3-7,9H,8H2,1-2H3. The molecule has 3 heteroatoms. The fraction of sp³-hybridized carbons (Fsp3) is 0.214. The van der Waals surface area contributed by atoms with Crippen LogP contribution >= 0.6 is 0 Å². The average Bonchev–Trinajstić information content (AvgIpc) is 2.35. The van der Waals surface area contributed by atoms with Crippen LogP contribution in [0.15, 0.2) is 36.8 Å². The maximum absolute atomic E-state index is 11.9. The van der Waals surface area contributed by atoms with E-state index in [-0.39, 0.29) is 5.78 Å². The van der Waals surface area contributed by atoms with Crippen LogP contribution in [0, 0.1) is 13.8 Å². The summed E-state index contributed by atoms with van der Waals surface area (Å²) < 4.78 is 0. The van der Waals surface area contributed by atoms with E-state index in [4.69, 9.17) is 0 Å². The first-order valence-electron chi connectivity index (χ1n) is 5.52. The average molecular weight is 226 g/mol. The highest BCUT2D eigenvalue weighted by Crippen LogP contribution is 2.11. The van der Waals surface area contributed by atoms with E-state index < -0.39 is 0 Å². The van der Waals surface area contributed by atoms with Crippen LogP contribution in [0.4, 0.5) is 0 Å². The molecule has 1 heterocycles. The number of nitrogens with zero attached hydrogens (tertiary/aromatic N) is 2. The second kappa shape index (κ2) is 4.87. The molecule has 0 amide bonds. The molecule has 1 aromatic heterocycles. The quantitative estimate of drug-likeness (QED) is 0.755. The number of rotatable bonds is 3. The van der Waals surface area contributed by atoms with Gasteiger partial charge in [0, 0.05) is 18.8 Å². The van der Waals surface area contributed by atoms with E-state index in [2.05, 4.69) is 16.9 Å². The molecule has 0 bridgehead atoms. The van der Waals surface area contributed by atoms with E-state index >= 15 is 0 Å².